The highest BCUT2D eigenvalue weighted by Gasteiger charge is 2.46. The lowest BCUT2D eigenvalue weighted by molar-refractivity contribution is 0.0613. The zero-order valence-corrected chi connectivity index (χ0v) is 48.9. The maximum Gasteiger partial charge on any atom is 0.289 e. The summed E-state index contributed by atoms with van der Waals surface area (Å²) in [5.74, 6) is 9.48. The van der Waals surface area contributed by atoms with E-state index in [9.17, 15) is 14.4 Å². The van der Waals surface area contributed by atoms with E-state index in [4.69, 9.17) is 76.5 Å². The van der Waals surface area contributed by atoms with Crippen molar-refractivity contribution in [2.45, 2.75) is 74.4 Å². The Bertz CT molecular complexity index is 3610. The van der Waals surface area contributed by atoms with Crippen LogP contribution in [-0.2, 0) is 35.9 Å². The van der Waals surface area contributed by atoms with E-state index in [1.807, 2.05) is 76.5 Å². The second-order valence-electron chi connectivity index (χ2n) is 22.2. The summed E-state index contributed by atoms with van der Waals surface area (Å²) in [6.45, 7) is 8.33. The maximum atomic E-state index is 13.0. The Hall–Kier alpha value is -6.99. The predicted molar refractivity (Wildman–Crippen MR) is 324 cm³/mol. The van der Waals surface area contributed by atoms with Crippen LogP contribution in [0.4, 0.5) is 0 Å². The van der Waals surface area contributed by atoms with Gasteiger partial charge in [0.1, 0.15) is 17.2 Å². The molecule has 13 nitrogen and oxygen atoms in total. The van der Waals surface area contributed by atoms with Gasteiger partial charge in [0.2, 0.25) is 0 Å². The summed E-state index contributed by atoms with van der Waals surface area (Å²) in [5.41, 5.74) is 20.7. The first-order valence-electron chi connectivity index (χ1n) is 28.1. The SMILES string of the molecule is NCc1ccc2c(c1)C1(CCN(C(=O)c3ccc(C#Cc4ccccc4)o3)CC1)CO2.NCc1ccc2c(c1)C1(CCN(C(=O)c3ccc(Cl)c(Cl)c3)CC1)CO2.O=C(NCc1ccc2c(c1)C1(CCNCC1)CO2)c1ccc(Cl)c(Cl)c1. The van der Waals surface area contributed by atoms with Crippen LogP contribution in [0.3, 0.4) is 0 Å². The average Bonchev–Trinajstić information content (AvgIpc) is 4.52. The summed E-state index contributed by atoms with van der Waals surface area (Å²) in [6.07, 6.45) is 5.64. The third kappa shape index (κ3) is 12.5. The first-order valence-corrected chi connectivity index (χ1v) is 29.6. The van der Waals surface area contributed by atoms with E-state index in [-0.39, 0.29) is 34.0 Å². The molecule has 6 aliphatic rings. The number of likely N-dealkylation sites (tertiary alicyclic amines) is 2. The number of amides is 3. The molecule has 6 N–H and O–H groups in total. The maximum absolute atomic E-state index is 13.0. The number of halogens is 4. The zero-order chi connectivity index (χ0) is 57.7. The van der Waals surface area contributed by atoms with Crippen LogP contribution in [0.5, 0.6) is 17.2 Å². The molecule has 6 aliphatic heterocycles. The van der Waals surface area contributed by atoms with E-state index in [0.29, 0.717) is 102 Å². The number of piperidine rings is 3. The lowest BCUT2D eigenvalue weighted by atomic mass is 9.74. The highest BCUT2D eigenvalue weighted by atomic mass is 35.5. The fraction of sp³-hybridized carbons (Fsp3) is 0.318. The molecule has 428 valence electrons. The quantitative estimate of drug-likeness (QED) is 0.112. The van der Waals surface area contributed by atoms with Crippen molar-refractivity contribution in [1.29, 1.82) is 0 Å². The van der Waals surface area contributed by atoms with E-state index in [1.165, 1.54) is 16.7 Å². The molecule has 0 atom stereocenters. The first-order chi connectivity index (χ1) is 40.3. The summed E-state index contributed by atoms with van der Waals surface area (Å²) >= 11 is 23.9. The lowest BCUT2D eigenvalue weighted by Gasteiger charge is -2.38. The Morgan fingerprint density at radius 2 is 1.00 bits per heavy atom. The fourth-order valence-corrected chi connectivity index (χ4v) is 12.7. The second kappa shape index (κ2) is 25.1. The predicted octanol–water partition coefficient (Wildman–Crippen LogP) is 11.7. The number of benzene rings is 6. The van der Waals surface area contributed by atoms with Gasteiger partial charge in [0, 0.05) is 95.4 Å². The molecule has 3 fully saturated rings. The number of furan rings is 1. The van der Waals surface area contributed by atoms with Crippen LogP contribution in [0.15, 0.2) is 138 Å². The molecule has 3 amide bonds. The first kappa shape index (κ1) is 57.8. The number of carbonyl (C=O) groups is 3. The third-order valence-electron chi connectivity index (χ3n) is 17.1. The van der Waals surface area contributed by atoms with Gasteiger partial charge in [0.15, 0.2) is 11.5 Å². The number of hydrogen-bond donors (Lipinski definition) is 4. The largest absolute Gasteiger partial charge is 0.492 e. The van der Waals surface area contributed by atoms with Crippen LogP contribution in [-0.4, -0.2) is 86.6 Å². The van der Waals surface area contributed by atoms with Gasteiger partial charge in [0.25, 0.3) is 17.7 Å². The summed E-state index contributed by atoms with van der Waals surface area (Å²) in [5, 5.41) is 8.04. The molecule has 83 heavy (non-hydrogen) atoms. The van der Waals surface area contributed by atoms with Crippen LogP contribution < -0.4 is 36.3 Å². The van der Waals surface area contributed by atoms with Crippen LogP contribution in [0.2, 0.25) is 20.1 Å². The van der Waals surface area contributed by atoms with E-state index >= 15 is 0 Å². The molecule has 7 aromatic rings. The van der Waals surface area contributed by atoms with Crippen LogP contribution >= 0.6 is 46.4 Å². The molecule has 0 bridgehead atoms. The highest BCUT2D eigenvalue weighted by molar-refractivity contribution is 6.42. The topological polar surface area (TPSA) is 175 Å². The van der Waals surface area contributed by atoms with Crippen LogP contribution in [0.25, 0.3) is 0 Å². The summed E-state index contributed by atoms with van der Waals surface area (Å²) < 4.78 is 23.5. The lowest BCUT2D eigenvalue weighted by Crippen LogP contribution is -2.46. The molecule has 17 heteroatoms. The molecule has 3 saturated heterocycles. The molecular formula is C66H64Cl4N6O7. The normalized spacial score (nSPS) is 17.2. The van der Waals surface area contributed by atoms with Crippen LogP contribution in [0.1, 0.15) is 115 Å². The Labute approximate surface area is 503 Å². The Kier molecular flexibility index (Phi) is 17.5. The van der Waals surface area contributed by atoms with Crippen molar-refractivity contribution in [3.63, 3.8) is 0 Å². The van der Waals surface area contributed by atoms with Gasteiger partial charge in [-0.1, -0.05) is 101 Å². The van der Waals surface area contributed by atoms with Crippen molar-refractivity contribution in [3.05, 3.63) is 215 Å². The molecule has 0 unspecified atom stereocenters. The van der Waals surface area contributed by atoms with E-state index < -0.39 is 0 Å². The number of nitrogens with two attached hydrogens (primary N) is 2. The molecule has 6 aromatic carbocycles. The molecular weight excluding hydrogens is 1130 g/mol. The van der Waals surface area contributed by atoms with E-state index in [1.54, 1.807) is 48.5 Å². The van der Waals surface area contributed by atoms with Crippen LogP contribution in [0, 0.1) is 11.8 Å². The van der Waals surface area contributed by atoms with Gasteiger partial charge in [-0.3, -0.25) is 14.4 Å². The van der Waals surface area contributed by atoms with Gasteiger partial charge in [-0.15, -0.1) is 0 Å². The highest BCUT2D eigenvalue weighted by Crippen LogP contribution is 2.48. The number of nitrogens with zero attached hydrogens (tertiary/aromatic N) is 2. The third-order valence-corrected chi connectivity index (χ3v) is 18.6. The number of rotatable bonds is 7. The molecule has 0 saturated carbocycles. The van der Waals surface area contributed by atoms with E-state index in [0.717, 1.165) is 97.7 Å². The number of nitrogens with one attached hydrogen (secondary N) is 2. The van der Waals surface area contributed by atoms with Gasteiger partial charge in [-0.05, 0) is 159 Å². The van der Waals surface area contributed by atoms with Gasteiger partial charge in [0.05, 0.1) is 39.9 Å². The molecule has 7 heterocycles. The van der Waals surface area contributed by atoms with Gasteiger partial charge < -0.3 is 50.5 Å². The minimum atomic E-state index is -0.170. The van der Waals surface area contributed by atoms with Gasteiger partial charge in [-0.25, -0.2) is 0 Å². The average molecular weight is 1200 g/mol. The molecule has 3 spiro atoms. The van der Waals surface area contributed by atoms with Crippen molar-refractivity contribution in [2.24, 2.45) is 11.5 Å². The van der Waals surface area contributed by atoms with E-state index in [2.05, 4.69) is 40.7 Å². The second-order valence-corrected chi connectivity index (χ2v) is 23.8. The molecule has 0 aliphatic carbocycles. The minimum Gasteiger partial charge on any atom is -0.492 e. The number of fused-ring (bicyclic) bond motifs is 6. The minimum absolute atomic E-state index is 0.00624. The monoisotopic (exact) mass is 1190 g/mol. The zero-order valence-electron chi connectivity index (χ0n) is 45.8. The molecule has 13 rings (SSSR count). The summed E-state index contributed by atoms with van der Waals surface area (Å²) in [7, 11) is 0. The number of hydrogen-bond acceptors (Lipinski definition) is 10. The summed E-state index contributed by atoms with van der Waals surface area (Å²) in [4.78, 5) is 41.9. The number of ether oxygens (including phenoxy) is 3. The smallest absolute Gasteiger partial charge is 0.289 e. The van der Waals surface area contributed by atoms with Crippen molar-refractivity contribution in [1.82, 2.24) is 20.4 Å². The number of carbonyl (C=O) groups excluding carboxylic acids is 3. The van der Waals surface area contributed by atoms with Crippen molar-refractivity contribution in [3.8, 4) is 29.1 Å². The van der Waals surface area contributed by atoms with Crippen molar-refractivity contribution in [2.75, 3.05) is 59.1 Å². The van der Waals surface area contributed by atoms with Gasteiger partial charge >= 0.3 is 0 Å². The fourth-order valence-electron chi connectivity index (χ4n) is 12.1. The van der Waals surface area contributed by atoms with Crippen molar-refractivity contribution < 1.29 is 33.0 Å². The van der Waals surface area contributed by atoms with Crippen molar-refractivity contribution >= 4 is 64.1 Å². The standard InChI is InChI=1S/C26H24N2O3.2C20H20Cl2N2O2/c27-17-20-7-10-23-22(16-20)26(18-30-23)12-14-28(15-13-26)25(29)24-11-9-21(31-24)8-6-19-4-2-1-3-5-19;21-16-3-2-14(10-17(16)22)19(25)24-7-5-20(6-8-24)12-26-18-4-1-13(11-23)9-15(18)20;21-16-3-2-14(10-17(16)22)19(25)24-11-13-1-4-18-15(9-13)20(12-26-18)5-7-23-8-6-20/h1-5,7,9-11,16H,12-15,17-18,27H2;1-4,9-10H,5-8,11-12,23H2;1-4,9-10,23H,5-8,11-12H2,(H,24,25). The molecule has 0 radical (unpaired) electrons. The Morgan fingerprint density at radius 3 is 1.53 bits per heavy atom. The Balaban J connectivity index is 0.000000131. The van der Waals surface area contributed by atoms with Gasteiger partial charge in [-0.2, -0.15) is 0 Å². The Morgan fingerprint density at radius 1 is 0.518 bits per heavy atom. The molecule has 1 aromatic heterocycles. The summed E-state index contributed by atoms with van der Waals surface area (Å²) in [6, 6.07) is 41.7.